The molecule has 1 aliphatic rings. The Kier molecular flexibility index (Phi) is 29.1. The van der Waals surface area contributed by atoms with Crippen molar-refractivity contribution >= 4 is 5.91 Å². The smallest absolute Gasteiger partial charge is 0.224 e. The number of carbonyl (C=O) groups excluding carboxylic acids is 1. The highest BCUT2D eigenvalue weighted by atomic mass is 16.6. The molecule has 1 rings (SSSR count). The zero-order chi connectivity index (χ0) is 34.4. The number of nitrogens with zero attached hydrogens (tertiary/aromatic N) is 1. The third kappa shape index (κ3) is 21.7. The van der Waals surface area contributed by atoms with Crippen LogP contribution in [0.15, 0.2) is 12.2 Å². The molecule has 4 N–H and O–H groups in total. The molecule has 1 fully saturated rings. The van der Waals surface area contributed by atoms with Crippen LogP contribution in [-0.4, -0.2) is 75.0 Å². The van der Waals surface area contributed by atoms with Gasteiger partial charge in [-0.2, -0.15) is 0 Å². The number of rotatable bonds is 32. The van der Waals surface area contributed by atoms with Crippen LogP contribution in [0.3, 0.4) is 0 Å². The average Bonchev–Trinajstić information content (AvgIpc) is 3.07. The fourth-order valence-corrected chi connectivity index (χ4v) is 6.70. The van der Waals surface area contributed by atoms with Gasteiger partial charge in [0.1, 0.15) is 24.4 Å². The van der Waals surface area contributed by atoms with Crippen LogP contribution in [0.25, 0.3) is 0 Å². The van der Waals surface area contributed by atoms with Gasteiger partial charge < -0.3 is 30.1 Å². The van der Waals surface area contributed by atoms with Gasteiger partial charge in [0, 0.05) is 13.0 Å². The highest BCUT2D eigenvalue weighted by molar-refractivity contribution is 5.76. The molecule has 47 heavy (non-hydrogen) atoms. The van der Waals surface area contributed by atoms with Crippen molar-refractivity contribution in [1.82, 2.24) is 4.90 Å². The van der Waals surface area contributed by atoms with Crippen LogP contribution in [0.2, 0.25) is 0 Å². The molecule has 0 unspecified atom stereocenters. The number of hydrogen-bond donors (Lipinski definition) is 4. The van der Waals surface area contributed by atoms with E-state index in [0.717, 1.165) is 51.4 Å². The molecule has 7 heteroatoms. The lowest BCUT2D eigenvalue weighted by Gasteiger charge is -2.44. The Morgan fingerprint density at radius 3 is 1.40 bits per heavy atom. The van der Waals surface area contributed by atoms with Crippen molar-refractivity contribution in [3.8, 4) is 0 Å². The molecule has 0 radical (unpaired) electrons. The lowest BCUT2D eigenvalue weighted by molar-refractivity contribution is -0.262. The zero-order valence-electron chi connectivity index (χ0n) is 30.8. The van der Waals surface area contributed by atoms with Crippen LogP contribution in [0.5, 0.6) is 0 Å². The van der Waals surface area contributed by atoms with Crippen LogP contribution < -0.4 is 0 Å². The molecule has 0 aromatic heterocycles. The van der Waals surface area contributed by atoms with E-state index in [0.29, 0.717) is 13.0 Å². The number of unbranched alkanes of at least 4 members (excludes halogenated alkanes) is 24. The molecule has 278 valence electrons. The van der Waals surface area contributed by atoms with Crippen molar-refractivity contribution < 1.29 is 30.0 Å². The predicted octanol–water partition coefficient (Wildman–Crippen LogP) is 9.13. The molecular weight excluding hydrogens is 590 g/mol. The van der Waals surface area contributed by atoms with Gasteiger partial charge in [-0.3, -0.25) is 4.79 Å². The predicted molar refractivity (Wildman–Crippen MR) is 195 cm³/mol. The van der Waals surface area contributed by atoms with Gasteiger partial charge in [-0.05, 0) is 38.5 Å². The Hall–Kier alpha value is -0.990. The summed E-state index contributed by atoms with van der Waals surface area (Å²) in [6, 6.07) is 0. The molecule has 1 saturated heterocycles. The number of aliphatic hydroxyl groups is 4. The van der Waals surface area contributed by atoms with Crippen molar-refractivity contribution in [2.24, 2.45) is 0 Å². The first-order valence-electron chi connectivity index (χ1n) is 20.2. The summed E-state index contributed by atoms with van der Waals surface area (Å²) >= 11 is 0. The molecule has 1 aliphatic heterocycles. The standard InChI is InChI=1S/C40H77NO6/c1-3-5-7-9-11-13-15-17-19-20-22-24-26-28-30-32-36(43)41(40-39(46)38(45)37(44)35(34-42)47-40)33-31-29-27-25-23-21-18-16-14-12-10-8-6-4-2/h17,19,35,37-40,42,44-46H,3-16,18,20-34H2,1-2H3/b19-17-/t35-,37-,38+,39-,40-/m1/s1. The van der Waals surface area contributed by atoms with E-state index in [-0.39, 0.29) is 5.91 Å². The number of ether oxygens (including phenoxy) is 1. The molecular formula is C40H77NO6. The summed E-state index contributed by atoms with van der Waals surface area (Å²) in [6.45, 7) is 4.46. The Bertz CT molecular complexity index is 732. The van der Waals surface area contributed by atoms with Crippen molar-refractivity contribution in [3.63, 3.8) is 0 Å². The maximum atomic E-state index is 13.4. The minimum absolute atomic E-state index is 0.0957. The molecule has 0 spiro atoms. The van der Waals surface area contributed by atoms with Gasteiger partial charge in [0.05, 0.1) is 6.61 Å². The summed E-state index contributed by atoms with van der Waals surface area (Å²) in [5.41, 5.74) is 0. The van der Waals surface area contributed by atoms with Crippen LogP contribution >= 0.6 is 0 Å². The van der Waals surface area contributed by atoms with Crippen LogP contribution in [0.1, 0.15) is 194 Å². The van der Waals surface area contributed by atoms with E-state index >= 15 is 0 Å². The van der Waals surface area contributed by atoms with Gasteiger partial charge in [-0.15, -0.1) is 0 Å². The Morgan fingerprint density at radius 2 is 0.957 bits per heavy atom. The molecule has 0 saturated carbocycles. The maximum Gasteiger partial charge on any atom is 0.224 e. The van der Waals surface area contributed by atoms with E-state index in [1.807, 2.05) is 0 Å². The highest BCUT2D eigenvalue weighted by Crippen LogP contribution is 2.25. The molecule has 1 amide bonds. The molecule has 5 atom stereocenters. The summed E-state index contributed by atoms with van der Waals surface area (Å²) in [5, 5.41) is 41.1. The topological polar surface area (TPSA) is 110 Å². The van der Waals surface area contributed by atoms with E-state index in [9.17, 15) is 25.2 Å². The Labute approximate surface area is 289 Å². The second-order valence-electron chi connectivity index (χ2n) is 14.2. The first-order chi connectivity index (χ1) is 23.0. The second kappa shape index (κ2) is 31.0. The first kappa shape index (κ1) is 44.0. The molecule has 0 aliphatic carbocycles. The van der Waals surface area contributed by atoms with Gasteiger partial charge in [0.2, 0.25) is 5.91 Å². The average molecular weight is 668 g/mol. The maximum absolute atomic E-state index is 13.4. The van der Waals surface area contributed by atoms with E-state index in [1.54, 1.807) is 4.90 Å². The minimum atomic E-state index is -1.47. The van der Waals surface area contributed by atoms with Crippen molar-refractivity contribution in [2.75, 3.05) is 13.2 Å². The number of hydrogen-bond acceptors (Lipinski definition) is 6. The first-order valence-corrected chi connectivity index (χ1v) is 20.2. The van der Waals surface area contributed by atoms with Gasteiger partial charge in [0.15, 0.2) is 6.23 Å². The summed E-state index contributed by atoms with van der Waals surface area (Å²) in [6.07, 6.45) is 31.7. The van der Waals surface area contributed by atoms with Crippen molar-refractivity contribution in [3.05, 3.63) is 12.2 Å². The fraction of sp³-hybridized carbons (Fsp3) is 0.925. The monoisotopic (exact) mass is 668 g/mol. The SMILES string of the molecule is CCCCCCCC/C=C\CCCCCCCC(=O)N(CCCCCCCCCCCCCCCC)[C@@H]1O[C@H](CO)[C@@H](O)[C@H](O)[C@H]1O. The van der Waals surface area contributed by atoms with Crippen LogP contribution in [0.4, 0.5) is 0 Å². The number of amides is 1. The summed E-state index contributed by atoms with van der Waals surface area (Å²) in [5.74, 6) is -0.0957. The Morgan fingerprint density at radius 1 is 0.553 bits per heavy atom. The van der Waals surface area contributed by atoms with Gasteiger partial charge in [-0.25, -0.2) is 0 Å². The molecule has 0 bridgehead atoms. The highest BCUT2D eigenvalue weighted by Gasteiger charge is 2.46. The van der Waals surface area contributed by atoms with Gasteiger partial charge >= 0.3 is 0 Å². The summed E-state index contributed by atoms with van der Waals surface area (Å²) < 4.78 is 5.80. The van der Waals surface area contributed by atoms with Crippen molar-refractivity contribution in [1.29, 1.82) is 0 Å². The Balaban J connectivity index is 2.33. The molecule has 1 heterocycles. The normalized spacial score (nSPS) is 21.5. The van der Waals surface area contributed by atoms with Gasteiger partial charge in [-0.1, -0.05) is 161 Å². The number of carbonyl (C=O) groups is 1. The summed E-state index contributed by atoms with van der Waals surface area (Å²) in [4.78, 5) is 14.9. The fourth-order valence-electron chi connectivity index (χ4n) is 6.70. The molecule has 0 aromatic rings. The largest absolute Gasteiger partial charge is 0.394 e. The zero-order valence-corrected chi connectivity index (χ0v) is 30.8. The van der Waals surface area contributed by atoms with Gasteiger partial charge in [0.25, 0.3) is 0 Å². The van der Waals surface area contributed by atoms with Crippen LogP contribution in [0, 0.1) is 0 Å². The second-order valence-corrected chi connectivity index (χ2v) is 14.2. The molecule has 7 nitrogen and oxygen atoms in total. The van der Waals surface area contributed by atoms with E-state index in [4.69, 9.17) is 4.74 Å². The minimum Gasteiger partial charge on any atom is -0.394 e. The van der Waals surface area contributed by atoms with E-state index in [2.05, 4.69) is 26.0 Å². The van der Waals surface area contributed by atoms with E-state index < -0.39 is 37.3 Å². The number of aliphatic hydroxyl groups excluding tert-OH is 4. The van der Waals surface area contributed by atoms with Crippen LogP contribution in [-0.2, 0) is 9.53 Å². The molecule has 0 aromatic carbocycles. The third-order valence-corrected chi connectivity index (χ3v) is 9.90. The van der Waals surface area contributed by atoms with E-state index in [1.165, 1.54) is 122 Å². The lowest BCUT2D eigenvalue weighted by Crippen LogP contribution is -2.64. The number of allylic oxidation sites excluding steroid dienone is 2. The summed E-state index contributed by atoms with van der Waals surface area (Å²) in [7, 11) is 0. The third-order valence-electron chi connectivity index (χ3n) is 9.90. The van der Waals surface area contributed by atoms with Crippen molar-refractivity contribution in [2.45, 2.75) is 224 Å². The lowest BCUT2D eigenvalue weighted by atomic mass is 9.97. The quantitative estimate of drug-likeness (QED) is 0.0421.